The molecule has 0 spiro atoms. The lowest BCUT2D eigenvalue weighted by atomic mass is 9.74. The molecule has 1 aliphatic carbocycles. The highest BCUT2D eigenvalue weighted by molar-refractivity contribution is 6.32. The molecule has 112 valence electrons. The third kappa shape index (κ3) is 3.60. The number of hydrogen-bond acceptors (Lipinski definition) is 2. The van der Waals surface area contributed by atoms with E-state index in [1.807, 2.05) is 18.2 Å². The van der Waals surface area contributed by atoms with E-state index >= 15 is 0 Å². The van der Waals surface area contributed by atoms with Gasteiger partial charge in [-0.05, 0) is 42.7 Å². The summed E-state index contributed by atoms with van der Waals surface area (Å²) in [7, 11) is 1.66. The third-order valence-electron chi connectivity index (χ3n) is 4.53. The van der Waals surface area contributed by atoms with Crippen LogP contribution in [0.15, 0.2) is 18.2 Å². The van der Waals surface area contributed by atoms with Crippen LogP contribution in [0.1, 0.15) is 40.0 Å². The van der Waals surface area contributed by atoms with Crippen molar-refractivity contribution < 1.29 is 4.74 Å². The van der Waals surface area contributed by atoms with Crippen LogP contribution in [-0.2, 0) is 0 Å². The lowest BCUT2D eigenvalue weighted by Crippen LogP contribution is -2.37. The maximum atomic E-state index is 6.09. The summed E-state index contributed by atoms with van der Waals surface area (Å²) >= 11 is 6.09. The third-order valence-corrected chi connectivity index (χ3v) is 4.84. The van der Waals surface area contributed by atoms with Gasteiger partial charge in [-0.2, -0.15) is 0 Å². The molecule has 1 aromatic carbocycles. The van der Waals surface area contributed by atoms with Gasteiger partial charge in [0.25, 0.3) is 0 Å². The molecule has 3 atom stereocenters. The fourth-order valence-electron chi connectivity index (χ4n) is 3.33. The highest BCUT2D eigenvalue weighted by Crippen LogP contribution is 2.36. The molecule has 0 bridgehead atoms. The van der Waals surface area contributed by atoms with E-state index in [9.17, 15) is 0 Å². The van der Waals surface area contributed by atoms with Gasteiger partial charge in [0, 0.05) is 17.8 Å². The minimum Gasteiger partial charge on any atom is -0.495 e. The van der Waals surface area contributed by atoms with Crippen LogP contribution in [0.5, 0.6) is 5.75 Å². The Hall–Kier alpha value is -0.890. The molecule has 1 N–H and O–H groups in total. The zero-order valence-corrected chi connectivity index (χ0v) is 13.7. The van der Waals surface area contributed by atoms with Crippen molar-refractivity contribution in [1.29, 1.82) is 0 Å². The van der Waals surface area contributed by atoms with Crippen molar-refractivity contribution >= 4 is 17.3 Å². The second-order valence-electron chi connectivity index (χ2n) is 6.43. The Kier molecular flexibility index (Phi) is 5.20. The molecule has 0 radical (unpaired) electrons. The Morgan fingerprint density at radius 2 is 2.05 bits per heavy atom. The summed E-state index contributed by atoms with van der Waals surface area (Å²) in [6.07, 6.45) is 3.92. The minimum absolute atomic E-state index is 0.546. The first-order valence-corrected chi connectivity index (χ1v) is 7.99. The molecule has 3 unspecified atom stereocenters. The average molecular weight is 296 g/mol. The lowest BCUT2D eigenvalue weighted by molar-refractivity contribution is 0.212. The summed E-state index contributed by atoms with van der Waals surface area (Å²) in [5.74, 6) is 3.00. The van der Waals surface area contributed by atoms with E-state index in [1.165, 1.54) is 19.3 Å². The van der Waals surface area contributed by atoms with Crippen LogP contribution in [0.2, 0.25) is 5.02 Å². The minimum atomic E-state index is 0.546. The van der Waals surface area contributed by atoms with E-state index < -0.39 is 0 Å². The fourth-order valence-corrected chi connectivity index (χ4v) is 3.53. The number of anilines is 1. The van der Waals surface area contributed by atoms with Crippen LogP contribution in [0.25, 0.3) is 0 Å². The normalized spacial score (nSPS) is 26.6. The molecule has 0 aromatic heterocycles. The number of nitrogens with one attached hydrogen (secondary N) is 1. The summed E-state index contributed by atoms with van der Waals surface area (Å²) in [6, 6.07) is 6.49. The molecular weight excluding hydrogens is 270 g/mol. The Balaban J connectivity index is 2.13. The van der Waals surface area contributed by atoms with Crippen molar-refractivity contribution in [3.05, 3.63) is 23.2 Å². The Morgan fingerprint density at radius 3 is 2.70 bits per heavy atom. The molecule has 2 nitrogen and oxygen atoms in total. The topological polar surface area (TPSA) is 21.3 Å². The van der Waals surface area contributed by atoms with Gasteiger partial charge in [-0.1, -0.05) is 38.8 Å². The van der Waals surface area contributed by atoms with Crippen molar-refractivity contribution in [3.8, 4) is 5.75 Å². The second-order valence-corrected chi connectivity index (χ2v) is 6.83. The Morgan fingerprint density at radius 1 is 1.30 bits per heavy atom. The second kappa shape index (κ2) is 6.71. The number of methoxy groups -OCH3 is 1. The van der Waals surface area contributed by atoms with Crippen molar-refractivity contribution in [3.63, 3.8) is 0 Å². The van der Waals surface area contributed by atoms with Crippen molar-refractivity contribution in [2.45, 2.75) is 46.1 Å². The van der Waals surface area contributed by atoms with Crippen LogP contribution in [0, 0.1) is 17.8 Å². The number of rotatable bonds is 4. The predicted molar refractivity (Wildman–Crippen MR) is 86.8 cm³/mol. The van der Waals surface area contributed by atoms with E-state index in [0.29, 0.717) is 17.0 Å². The van der Waals surface area contributed by atoms with Crippen LogP contribution < -0.4 is 10.1 Å². The predicted octanol–water partition coefficient (Wildman–Crippen LogP) is 5.22. The van der Waals surface area contributed by atoms with Gasteiger partial charge < -0.3 is 10.1 Å². The molecule has 3 heteroatoms. The first-order valence-electron chi connectivity index (χ1n) is 7.61. The van der Waals surface area contributed by atoms with Crippen LogP contribution in [-0.4, -0.2) is 13.2 Å². The van der Waals surface area contributed by atoms with Gasteiger partial charge >= 0.3 is 0 Å². The molecule has 0 aliphatic heterocycles. The zero-order valence-electron chi connectivity index (χ0n) is 12.9. The highest BCUT2D eigenvalue weighted by atomic mass is 35.5. The number of ether oxygens (including phenoxy) is 1. The van der Waals surface area contributed by atoms with E-state index in [4.69, 9.17) is 16.3 Å². The summed E-state index contributed by atoms with van der Waals surface area (Å²) in [5, 5.41) is 4.37. The first kappa shape index (κ1) is 15.5. The lowest BCUT2D eigenvalue weighted by Gasteiger charge is -2.38. The van der Waals surface area contributed by atoms with Gasteiger partial charge in [-0.3, -0.25) is 0 Å². The maximum absolute atomic E-state index is 6.09. The van der Waals surface area contributed by atoms with Gasteiger partial charge in [0.2, 0.25) is 0 Å². The van der Waals surface area contributed by atoms with Crippen molar-refractivity contribution in [2.75, 3.05) is 12.4 Å². The van der Waals surface area contributed by atoms with Crippen LogP contribution >= 0.6 is 11.6 Å². The number of hydrogen-bond donors (Lipinski definition) is 1. The average Bonchev–Trinajstić information content (AvgIpc) is 2.40. The fraction of sp³-hybridized carbons (Fsp3) is 0.647. The van der Waals surface area contributed by atoms with E-state index in [1.54, 1.807) is 7.11 Å². The van der Waals surface area contributed by atoms with E-state index in [-0.39, 0.29) is 0 Å². The van der Waals surface area contributed by atoms with Gasteiger partial charge in [-0.15, -0.1) is 0 Å². The molecule has 0 heterocycles. The van der Waals surface area contributed by atoms with Crippen molar-refractivity contribution in [1.82, 2.24) is 0 Å². The van der Waals surface area contributed by atoms with Gasteiger partial charge in [0.1, 0.15) is 5.75 Å². The van der Waals surface area contributed by atoms with E-state index in [0.717, 1.165) is 23.3 Å². The quantitative estimate of drug-likeness (QED) is 0.822. The molecular formula is C17H26ClNO. The Bertz CT molecular complexity index is 447. The Labute approximate surface area is 127 Å². The standard InChI is InChI=1S/C17H26ClNO/c1-11(2)14-7-5-12(3)9-16(14)19-13-6-8-15(18)17(10-13)20-4/h6,8,10-12,14,16,19H,5,7,9H2,1-4H3. The van der Waals surface area contributed by atoms with Gasteiger partial charge in [0.15, 0.2) is 0 Å². The maximum Gasteiger partial charge on any atom is 0.139 e. The number of halogens is 1. The SMILES string of the molecule is COc1cc(NC2CC(C)CCC2C(C)C)ccc1Cl. The highest BCUT2D eigenvalue weighted by Gasteiger charge is 2.30. The summed E-state index contributed by atoms with van der Waals surface area (Å²) in [6.45, 7) is 7.02. The molecule has 20 heavy (non-hydrogen) atoms. The van der Waals surface area contributed by atoms with E-state index in [2.05, 4.69) is 26.1 Å². The molecule has 1 fully saturated rings. The molecule has 0 saturated heterocycles. The summed E-state index contributed by atoms with van der Waals surface area (Å²) < 4.78 is 5.30. The molecule has 0 amide bonds. The molecule has 1 aromatic rings. The smallest absolute Gasteiger partial charge is 0.139 e. The van der Waals surface area contributed by atoms with Crippen LogP contribution in [0.4, 0.5) is 5.69 Å². The van der Waals surface area contributed by atoms with Gasteiger partial charge in [0.05, 0.1) is 12.1 Å². The monoisotopic (exact) mass is 295 g/mol. The molecule has 1 saturated carbocycles. The largest absolute Gasteiger partial charge is 0.495 e. The van der Waals surface area contributed by atoms with Crippen molar-refractivity contribution in [2.24, 2.45) is 17.8 Å². The molecule has 2 rings (SSSR count). The molecule has 1 aliphatic rings. The van der Waals surface area contributed by atoms with Crippen LogP contribution in [0.3, 0.4) is 0 Å². The zero-order chi connectivity index (χ0) is 14.7. The number of benzene rings is 1. The van der Waals surface area contributed by atoms with Gasteiger partial charge in [-0.25, -0.2) is 0 Å². The summed E-state index contributed by atoms with van der Waals surface area (Å²) in [4.78, 5) is 0. The first-order chi connectivity index (χ1) is 9.51. The summed E-state index contributed by atoms with van der Waals surface area (Å²) in [5.41, 5.74) is 1.11.